The zero-order valence-electron chi connectivity index (χ0n) is 16.6. The van der Waals surface area contributed by atoms with Gasteiger partial charge in [-0.1, -0.05) is 12.1 Å². The molecule has 2 rings (SSSR count). The maximum Gasteiger partial charge on any atom is 0.255 e. The summed E-state index contributed by atoms with van der Waals surface area (Å²) in [6.07, 6.45) is 1.63. The van der Waals surface area contributed by atoms with Crippen molar-refractivity contribution in [2.24, 2.45) is 0 Å². The standard InChI is InChI=1S/C21H26N2O7/c1-30-17-10-5-8-15(19(17)27)20(28)22-11-3-2-6-13(12-24)23-21(29)14-7-4-9-16(25)18(14)26/h4-5,7-10,13,24-27H,2-3,6,11-12H2,1H3,(H,22,28)(H,23,29)/t13-/m0/s1. The molecule has 0 aliphatic heterocycles. The van der Waals surface area contributed by atoms with Crippen molar-refractivity contribution in [1.29, 1.82) is 0 Å². The highest BCUT2D eigenvalue weighted by molar-refractivity contribution is 5.98. The van der Waals surface area contributed by atoms with Crippen molar-refractivity contribution < 1.29 is 34.8 Å². The van der Waals surface area contributed by atoms with E-state index in [0.29, 0.717) is 25.8 Å². The highest BCUT2D eigenvalue weighted by Crippen LogP contribution is 2.29. The zero-order valence-corrected chi connectivity index (χ0v) is 16.6. The first kappa shape index (κ1) is 22.8. The molecule has 2 amide bonds. The van der Waals surface area contributed by atoms with Gasteiger partial charge in [-0.05, 0) is 43.5 Å². The summed E-state index contributed by atoms with van der Waals surface area (Å²) in [6.45, 7) is 0.0459. The lowest BCUT2D eigenvalue weighted by atomic mass is 10.1. The van der Waals surface area contributed by atoms with Crippen molar-refractivity contribution in [2.75, 3.05) is 20.3 Å². The number of benzene rings is 2. The van der Waals surface area contributed by atoms with Gasteiger partial charge >= 0.3 is 0 Å². The highest BCUT2D eigenvalue weighted by atomic mass is 16.5. The molecule has 9 heteroatoms. The van der Waals surface area contributed by atoms with Crippen LogP contribution in [-0.4, -0.2) is 58.5 Å². The van der Waals surface area contributed by atoms with Gasteiger partial charge in [-0.2, -0.15) is 0 Å². The van der Waals surface area contributed by atoms with E-state index in [1.807, 2.05) is 0 Å². The molecule has 9 nitrogen and oxygen atoms in total. The van der Waals surface area contributed by atoms with Gasteiger partial charge in [0.1, 0.15) is 0 Å². The molecule has 0 aliphatic rings. The number of aromatic hydroxyl groups is 3. The van der Waals surface area contributed by atoms with Crippen LogP contribution in [0.25, 0.3) is 0 Å². The lowest BCUT2D eigenvalue weighted by Gasteiger charge is -2.17. The van der Waals surface area contributed by atoms with Crippen LogP contribution in [0.4, 0.5) is 0 Å². The van der Waals surface area contributed by atoms with E-state index in [9.17, 15) is 30.0 Å². The number of aliphatic hydroxyl groups is 1. The van der Waals surface area contributed by atoms with Crippen molar-refractivity contribution in [3.05, 3.63) is 47.5 Å². The largest absolute Gasteiger partial charge is 0.504 e. The Hall–Kier alpha value is -3.46. The summed E-state index contributed by atoms with van der Waals surface area (Å²) < 4.78 is 4.98. The molecule has 6 N–H and O–H groups in total. The number of hydrogen-bond acceptors (Lipinski definition) is 7. The van der Waals surface area contributed by atoms with Crippen molar-refractivity contribution in [3.63, 3.8) is 0 Å². The lowest BCUT2D eigenvalue weighted by Crippen LogP contribution is -2.37. The summed E-state index contributed by atoms with van der Waals surface area (Å²) in [5.74, 6) is -1.98. The molecule has 0 spiro atoms. The Morgan fingerprint density at radius 1 is 0.967 bits per heavy atom. The second-order valence-electron chi connectivity index (χ2n) is 6.63. The van der Waals surface area contributed by atoms with E-state index in [0.717, 1.165) is 0 Å². The van der Waals surface area contributed by atoms with Gasteiger partial charge in [0.2, 0.25) is 0 Å². The van der Waals surface area contributed by atoms with Gasteiger partial charge in [-0.3, -0.25) is 9.59 Å². The highest BCUT2D eigenvalue weighted by Gasteiger charge is 2.18. The number of amides is 2. The van der Waals surface area contributed by atoms with Gasteiger partial charge in [0.15, 0.2) is 23.0 Å². The molecular formula is C21H26N2O7. The summed E-state index contributed by atoms with van der Waals surface area (Å²) in [7, 11) is 1.40. The van der Waals surface area contributed by atoms with E-state index in [1.54, 1.807) is 12.1 Å². The molecule has 0 bridgehead atoms. The molecule has 162 valence electrons. The fourth-order valence-corrected chi connectivity index (χ4v) is 2.87. The number of phenols is 3. The minimum Gasteiger partial charge on any atom is -0.504 e. The fourth-order valence-electron chi connectivity index (χ4n) is 2.87. The lowest BCUT2D eigenvalue weighted by molar-refractivity contribution is 0.0908. The number of ether oxygens (including phenoxy) is 1. The molecule has 2 aromatic rings. The Balaban J connectivity index is 1.78. The molecule has 0 fully saturated rings. The van der Waals surface area contributed by atoms with E-state index >= 15 is 0 Å². The SMILES string of the molecule is COc1cccc(C(=O)NCCCC[C@@H](CO)NC(=O)c2cccc(O)c2O)c1O. The number of methoxy groups -OCH3 is 1. The maximum atomic E-state index is 12.2. The number of carbonyl (C=O) groups excluding carboxylic acids is 2. The summed E-state index contributed by atoms with van der Waals surface area (Å²) >= 11 is 0. The third-order valence-electron chi connectivity index (χ3n) is 4.54. The molecule has 0 saturated carbocycles. The van der Waals surface area contributed by atoms with Gasteiger partial charge in [0, 0.05) is 6.54 Å². The second kappa shape index (κ2) is 10.9. The number of rotatable bonds is 10. The monoisotopic (exact) mass is 418 g/mol. The van der Waals surface area contributed by atoms with Gasteiger partial charge in [-0.15, -0.1) is 0 Å². The number of unbranched alkanes of at least 4 members (excludes halogenated alkanes) is 1. The smallest absolute Gasteiger partial charge is 0.255 e. The van der Waals surface area contributed by atoms with Crippen LogP contribution >= 0.6 is 0 Å². The normalized spacial score (nSPS) is 11.5. The first-order valence-electron chi connectivity index (χ1n) is 9.45. The third kappa shape index (κ3) is 5.77. The Morgan fingerprint density at radius 2 is 1.63 bits per heavy atom. The number of phenolic OH excluding ortho intramolecular Hbond substituents is 3. The number of hydrogen-bond donors (Lipinski definition) is 6. The van der Waals surface area contributed by atoms with E-state index in [1.165, 1.54) is 31.4 Å². The average molecular weight is 418 g/mol. The van der Waals surface area contributed by atoms with Crippen molar-refractivity contribution in [1.82, 2.24) is 10.6 Å². The molecule has 30 heavy (non-hydrogen) atoms. The Kier molecular flexibility index (Phi) is 8.30. The first-order chi connectivity index (χ1) is 14.4. The quantitative estimate of drug-likeness (QED) is 0.253. The average Bonchev–Trinajstić information content (AvgIpc) is 2.74. The first-order valence-corrected chi connectivity index (χ1v) is 9.45. The molecule has 0 heterocycles. The Bertz CT molecular complexity index is 886. The van der Waals surface area contributed by atoms with Crippen molar-refractivity contribution in [2.45, 2.75) is 25.3 Å². The van der Waals surface area contributed by atoms with Crippen molar-refractivity contribution in [3.8, 4) is 23.0 Å². The molecule has 2 aromatic carbocycles. The summed E-state index contributed by atoms with van der Waals surface area (Å²) in [6, 6.07) is 8.15. The van der Waals surface area contributed by atoms with Gasteiger partial charge < -0.3 is 35.8 Å². The molecule has 0 aliphatic carbocycles. The molecule has 0 saturated heterocycles. The number of carbonyl (C=O) groups is 2. The van der Waals surface area contributed by atoms with Crippen LogP contribution in [-0.2, 0) is 0 Å². The number of nitrogens with one attached hydrogen (secondary N) is 2. The van der Waals surface area contributed by atoms with Crippen LogP contribution in [0, 0.1) is 0 Å². The summed E-state index contributed by atoms with van der Waals surface area (Å²) in [5.41, 5.74) is 0.0274. The minimum atomic E-state index is -0.607. The van der Waals surface area contributed by atoms with Gasteiger partial charge in [0.05, 0.1) is 30.9 Å². The molecule has 1 atom stereocenters. The van der Waals surface area contributed by atoms with Crippen LogP contribution in [0.5, 0.6) is 23.0 Å². The van der Waals surface area contributed by atoms with E-state index < -0.39 is 29.4 Å². The van der Waals surface area contributed by atoms with E-state index in [2.05, 4.69) is 10.6 Å². The minimum absolute atomic E-state index is 0.0844. The van der Waals surface area contributed by atoms with Crippen LogP contribution < -0.4 is 15.4 Å². The summed E-state index contributed by atoms with van der Waals surface area (Å²) in [5, 5.41) is 44.0. The predicted molar refractivity (Wildman–Crippen MR) is 109 cm³/mol. The fraction of sp³-hybridized carbons (Fsp3) is 0.333. The maximum absolute atomic E-state index is 12.2. The van der Waals surface area contributed by atoms with Gasteiger partial charge in [-0.25, -0.2) is 0 Å². The van der Waals surface area contributed by atoms with Crippen molar-refractivity contribution >= 4 is 11.8 Å². The Labute approximate surface area is 173 Å². The number of para-hydroxylation sites is 2. The van der Waals surface area contributed by atoms with Gasteiger partial charge in [0.25, 0.3) is 11.8 Å². The number of aliphatic hydroxyl groups excluding tert-OH is 1. The molecule has 0 unspecified atom stereocenters. The Morgan fingerprint density at radius 3 is 2.30 bits per heavy atom. The zero-order chi connectivity index (χ0) is 22.1. The third-order valence-corrected chi connectivity index (χ3v) is 4.54. The predicted octanol–water partition coefficient (Wildman–Crippen LogP) is 1.50. The molecule has 0 radical (unpaired) electrons. The van der Waals surface area contributed by atoms with Crippen LogP contribution in [0.2, 0.25) is 0 Å². The molecule has 0 aromatic heterocycles. The van der Waals surface area contributed by atoms with E-state index in [-0.39, 0.29) is 29.2 Å². The van der Waals surface area contributed by atoms with Crippen LogP contribution in [0.1, 0.15) is 40.0 Å². The molecular weight excluding hydrogens is 392 g/mol. The topological polar surface area (TPSA) is 148 Å². The van der Waals surface area contributed by atoms with E-state index in [4.69, 9.17) is 4.74 Å². The second-order valence-corrected chi connectivity index (χ2v) is 6.63. The summed E-state index contributed by atoms with van der Waals surface area (Å²) in [4.78, 5) is 24.4. The van der Waals surface area contributed by atoms with Crippen LogP contribution in [0.15, 0.2) is 36.4 Å². The van der Waals surface area contributed by atoms with Crippen LogP contribution in [0.3, 0.4) is 0 Å².